The standard InChI is InChI=1S/C18H19BrO2/c1-2-6-14-9-10-16(17(20)12-19)18(11-14)21-13-15-7-4-3-5-8-15/h3-5,7-11H,2,6,12-13H2,1H3. The number of ether oxygens (including phenoxy) is 1. The van der Waals surface area contributed by atoms with Crippen molar-refractivity contribution in [3.05, 3.63) is 65.2 Å². The van der Waals surface area contributed by atoms with Crippen LogP contribution in [0.25, 0.3) is 0 Å². The quantitative estimate of drug-likeness (QED) is 0.531. The van der Waals surface area contributed by atoms with Gasteiger partial charge in [0.2, 0.25) is 0 Å². The van der Waals surface area contributed by atoms with E-state index in [0.29, 0.717) is 23.2 Å². The van der Waals surface area contributed by atoms with Gasteiger partial charge in [0.25, 0.3) is 0 Å². The van der Waals surface area contributed by atoms with E-state index in [2.05, 4.69) is 22.9 Å². The number of halogens is 1. The van der Waals surface area contributed by atoms with Crippen LogP contribution in [0.4, 0.5) is 0 Å². The number of aryl methyl sites for hydroxylation is 1. The van der Waals surface area contributed by atoms with Crippen LogP contribution in [0.3, 0.4) is 0 Å². The van der Waals surface area contributed by atoms with Crippen molar-refractivity contribution in [3.63, 3.8) is 0 Å². The van der Waals surface area contributed by atoms with Gasteiger partial charge in [-0.3, -0.25) is 4.79 Å². The van der Waals surface area contributed by atoms with E-state index in [0.717, 1.165) is 18.4 Å². The van der Waals surface area contributed by atoms with Crippen molar-refractivity contribution in [2.75, 3.05) is 5.33 Å². The molecule has 0 spiro atoms. The highest BCUT2D eigenvalue weighted by Gasteiger charge is 2.12. The molecule has 0 saturated carbocycles. The van der Waals surface area contributed by atoms with E-state index >= 15 is 0 Å². The van der Waals surface area contributed by atoms with Crippen molar-refractivity contribution in [1.82, 2.24) is 0 Å². The van der Waals surface area contributed by atoms with Crippen LogP contribution in [0.5, 0.6) is 5.75 Å². The predicted octanol–water partition coefficient (Wildman–Crippen LogP) is 4.80. The molecule has 3 heteroatoms. The monoisotopic (exact) mass is 346 g/mol. The molecular formula is C18H19BrO2. The number of carbonyl (C=O) groups is 1. The summed E-state index contributed by atoms with van der Waals surface area (Å²) in [6.45, 7) is 2.61. The van der Waals surface area contributed by atoms with Crippen molar-refractivity contribution in [3.8, 4) is 5.75 Å². The molecule has 2 rings (SSSR count). The molecule has 2 aromatic rings. The molecular weight excluding hydrogens is 328 g/mol. The third-order valence-electron chi connectivity index (χ3n) is 3.24. The van der Waals surface area contributed by atoms with Crippen molar-refractivity contribution in [2.24, 2.45) is 0 Å². The average molecular weight is 347 g/mol. The second-order valence-corrected chi connectivity index (χ2v) is 5.47. The molecule has 0 N–H and O–H groups in total. The zero-order valence-corrected chi connectivity index (χ0v) is 13.7. The van der Waals surface area contributed by atoms with Gasteiger partial charge in [0.1, 0.15) is 12.4 Å². The molecule has 0 aliphatic heterocycles. The molecule has 0 unspecified atom stereocenters. The highest BCUT2D eigenvalue weighted by atomic mass is 79.9. The van der Waals surface area contributed by atoms with Crippen molar-refractivity contribution in [2.45, 2.75) is 26.4 Å². The molecule has 0 fully saturated rings. The molecule has 0 heterocycles. The Bertz CT molecular complexity index is 593. The number of carbonyl (C=O) groups excluding carboxylic acids is 1. The Kier molecular flexibility index (Phi) is 6.00. The molecule has 21 heavy (non-hydrogen) atoms. The maximum atomic E-state index is 12.0. The van der Waals surface area contributed by atoms with E-state index in [4.69, 9.17) is 4.74 Å². The fraction of sp³-hybridized carbons (Fsp3) is 0.278. The summed E-state index contributed by atoms with van der Waals surface area (Å²) in [6.07, 6.45) is 2.06. The largest absolute Gasteiger partial charge is 0.488 e. The Labute approximate surface area is 134 Å². The normalized spacial score (nSPS) is 10.4. The minimum absolute atomic E-state index is 0.0427. The molecule has 2 aromatic carbocycles. The van der Waals surface area contributed by atoms with Gasteiger partial charge in [-0.1, -0.05) is 65.7 Å². The van der Waals surface area contributed by atoms with Gasteiger partial charge < -0.3 is 4.74 Å². The van der Waals surface area contributed by atoms with Gasteiger partial charge >= 0.3 is 0 Å². The van der Waals surface area contributed by atoms with Crippen LogP contribution in [-0.4, -0.2) is 11.1 Å². The number of hydrogen-bond acceptors (Lipinski definition) is 2. The Morgan fingerprint density at radius 1 is 1.10 bits per heavy atom. The lowest BCUT2D eigenvalue weighted by Gasteiger charge is -2.12. The van der Waals surface area contributed by atoms with Crippen LogP contribution in [-0.2, 0) is 13.0 Å². The highest BCUT2D eigenvalue weighted by molar-refractivity contribution is 9.09. The zero-order valence-electron chi connectivity index (χ0n) is 12.1. The second-order valence-electron chi connectivity index (χ2n) is 4.91. The van der Waals surface area contributed by atoms with E-state index < -0.39 is 0 Å². The SMILES string of the molecule is CCCc1ccc(C(=O)CBr)c(OCc2ccccc2)c1. The lowest BCUT2D eigenvalue weighted by molar-refractivity contribution is 0.101. The maximum Gasteiger partial charge on any atom is 0.177 e. The summed E-state index contributed by atoms with van der Waals surface area (Å²) < 4.78 is 5.89. The van der Waals surface area contributed by atoms with Gasteiger partial charge in [0, 0.05) is 0 Å². The molecule has 0 aromatic heterocycles. The van der Waals surface area contributed by atoms with Crippen LogP contribution in [0.15, 0.2) is 48.5 Å². The zero-order chi connectivity index (χ0) is 15.1. The summed E-state index contributed by atoms with van der Waals surface area (Å²) in [6, 6.07) is 15.8. The third kappa shape index (κ3) is 4.43. The Hall–Kier alpha value is -1.61. The lowest BCUT2D eigenvalue weighted by Crippen LogP contribution is -2.06. The number of rotatable bonds is 7. The Balaban J connectivity index is 2.21. The number of benzene rings is 2. The van der Waals surface area contributed by atoms with Gasteiger partial charge in [0.15, 0.2) is 5.78 Å². The first-order valence-electron chi connectivity index (χ1n) is 7.13. The summed E-state index contributed by atoms with van der Waals surface area (Å²) >= 11 is 3.23. The average Bonchev–Trinajstić information content (AvgIpc) is 2.53. The van der Waals surface area contributed by atoms with Gasteiger partial charge in [-0.25, -0.2) is 0 Å². The number of hydrogen-bond donors (Lipinski definition) is 0. The van der Waals surface area contributed by atoms with Crippen LogP contribution in [0.1, 0.15) is 34.8 Å². The summed E-state index contributed by atoms with van der Waals surface area (Å²) in [5, 5.41) is 0.307. The smallest absolute Gasteiger partial charge is 0.177 e. The molecule has 110 valence electrons. The van der Waals surface area contributed by atoms with Crippen LogP contribution >= 0.6 is 15.9 Å². The van der Waals surface area contributed by atoms with Crippen LogP contribution in [0.2, 0.25) is 0 Å². The molecule has 0 amide bonds. The van der Waals surface area contributed by atoms with E-state index in [1.807, 2.05) is 48.5 Å². The summed E-state index contributed by atoms with van der Waals surface area (Å²) in [5.74, 6) is 0.718. The molecule has 0 atom stereocenters. The summed E-state index contributed by atoms with van der Waals surface area (Å²) in [7, 11) is 0. The molecule has 0 aliphatic rings. The van der Waals surface area contributed by atoms with Crippen molar-refractivity contribution in [1.29, 1.82) is 0 Å². The molecule has 0 saturated heterocycles. The van der Waals surface area contributed by atoms with Crippen molar-refractivity contribution < 1.29 is 9.53 Å². The fourth-order valence-electron chi connectivity index (χ4n) is 2.17. The molecule has 2 nitrogen and oxygen atoms in total. The first-order chi connectivity index (χ1) is 10.2. The van der Waals surface area contributed by atoms with E-state index in [1.54, 1.807) is 0 Å². The molecule has 0 aliphatic carbocycles. The fourth-order valence-corrected chi connectivity index (χ4v) is 2.47. The van der Waals surface area contributed by atoms with Gasteiger partial charge in [-0.15, -0.1) is 0 Å². The number of ketones is 1. The minimum Gasteiger partial charge on any atom is -0.488 e. The first-order valence-corrected chi connectivity index (χ1v) is 8.25. The Morgan fingerprint density at radius 3 is 2.52 bits per heavy atom. The molecule has 0 radical (unpaired) electrons. The second kappa shape index (κ2) is 7.99. The van der Waals surface area contributed by atoms with E-state index in [9.17, 15) is 4.79 Å². The van der Waals surface area contributed by atoms with Gasteiger partial charge in [-0.05, 0) is 29.7 Å². The van der Waals surface area contributed by atoms with Crippen LogP contribution in [0, 0.1) is 0 Å². The summed E-state index contributed by atoms with van der Waals surface area (Å²) in [5.41, 5.74) is 2.94. The van der Waals surface area contributed by atoms with E-state index in [1.165, 1.54) is 5.56 Å². The van der Waals surface area contributed by atoms with Crippen LogP contribution < -0.4 is 4.74 Å². The highest BCUT2D eigenvalue weighted by Crippen LogP contribution is 2.24. The van der Waals surface area contributed by atoms with Gasteiger partial charge in [0.05, 0.1) is 10.9 Å². The number of Topliss-reactive ketones (excluding diaryl/α,β-unsaturated/α-hetero) is 1. The van der Waals surface area contributed by atoms with E-state index in [-0.39, 0.29) is 5.78 Å². The minimum atomic E-state index is 0.0427. The third-order valence-corrected chi connectivity index (χ3v) is 3.75. The first kappa shape index (κ1) is 15.8. The maximum absolute atomic E-state index is 12.0. The summed E-state index contributed by atoms with van der Waals surface area (Å²) in [4.78, 5) is 12.0. The number of alkyl halides is 1. The lowest BCUT2D eigenvalue weighted by atomic mass is 10.0. The van der Waals surface area contributed by atoms with Crippen molar-refractivity contribution >= 4 is 21.7 Å². The molecule has 0 bridgehead atoms. The Morgan fingerprint density at radius 2 is 1.86 bits per heavy atom. The topological polar surface area (TPSA) is 26.3 Å². The predicted molar refractivity (Wildman–Crippen MR) is 89.3 cm³/mol. The van der Waals surface area contributed by atoms with Gasteiger partial charge in [-0.2, -0.15) is 0 Å².